The second-order valence-electron chi connectivity index (χ2n) is 19.7. The molecule has 0 atom stereocenters. The van der Waals surface area contributed by atoms with Gasteiger partial charge in [0.2, 0.25) is 0 Å². The number of pyridine rings is 1. The molecule has 0 unspecified atom stereocenters. The van der Waals surface area contributed by atoms with E-state index in [4.69, 9.17) is 15.0 Å². The van der Waals surface area contributed by atoms with Crippen molar-refractivity contribution >= 4 is 21.5 Å². The van der Waals surface area contributed by atoms with E-state index in [2.05, 4.69) is 219 Å². The summed E-state index contributed by atoms with van der Waals surface area (Å²) in [5.74, 6) is 1.89. The number of hydrogen-bond acceptors (Lipinski definition) is 4. The van der Waals surface area contributed by atoms with Crippen molar-refractivity contribution in [3.8, 4) is 123 Å². The Morgan fingerprint density at radius 2 is 0.746 bits per heavy atom. The molecule has 12 aromatic rings. The molecule has 0 saturated carbocycles. The molecule has 4 heteroatoms. The molecule has 0 amide bonds. The number of nitrogens with zero attached hydrogens (tertiary/aromatic N) is 4. The van der Waals surface area contributed by atoms with Crippen molar-refractivity contribution in [2.24, 2.45) is 0 Å². The molecule has 0 fully saturated rings. The standard InChI is InChI=1S/C67H42N4/c1-67(2)60-25-8-7-18-51(60)58-23-11-24-59(63(58)67)66-70-64(40-28-26-39(27-29-40)41-13-12-34-68-38-41)69-65(71-66)44-36-42(45-30-32-56-49-16-5-3-14-47(49)54-21-9-19-52(45)61(54)56)35-43(37-44)46-31-33-57-50-17-6-4-15-48(50)55-22-10-20-53(46)62(55)57/h3-38H,1-2H3. The van der Waals surface area contributed by atoms with Gasteiger partial charge in [0, 0.05) is 34.5 Å². The molecule has 2 aromatic heterocycles. The number of hydrogen-bond donors (Lipinski definition) is 0. The molecule has 0 spiro atoms. The smallest absolute Gasteiger partial charge is 0.164 e. The first-order chi connectivity index (χ1) is 35.0. The number of aromatic nitrogens is 4. The lowest BCUT2D eigenvalue weighted by Gasteiger charge is -2.24. The van der Waals surface area contributed by atoms with Gasteiger partial charge in [-0.1, -0.05) is 196 Å². The van der Waals surface area contributed by atoms with Gasteiger partial charge in [0.25, 0.3) is 0 Å². The molecule has 0 N–H and O–H groups in total. The van der Waals surface area contributed by atoms with Gasteiger partial charge in [-0.15, -0.1) is 0 Å². The van der Waals surface area contributed by atoms with Gasteiger partial charge in [0.1, 0.15) is 0 Å². The van der Waals surface area contributed by atoms with E-state index >= 15 is 0 Å². The van der Waals surface area contributed by atoms with Crippen LogP contribution in [0, 0.1) is 0 Å². The largest absolute Gasteiger partial charge is 0.264 e. The molecule has 3 aliphatic carbocycles. The fourth-order valence-electron chi connectivity index (χ4n) is 12.3. The molecular weight excluding hydrogens is 861 g/mol. The van der Waals surface area contributed by atoms with Crippen LogP contribution in [0.15, 0.2) is 219 Å². The minimum absolute atomic E-state index is 0.279. The number of fused-ring (bicyclic) bond motifs is 9. The van der Waals surface area contributed by atoms with Crippen molar-refractivity contribution < 1.29 is 0 Å². The molecule has 15 rings (SSSR count). The summed E-state index contributed by atoms with van der Waals surface area (Å²) in [4.78, 5) is 20.8. The van der Waals surface area contributed by atoms with Crippen molar-refractivity contribution in [3.05, 3.63) is 230 Å². The van der Waals surface area contributed by atoms with Crippen LogP contribution in [0.3, 0.4) is 0 Å². The first-order valence-corrected chi connectivity index (χ1v) is 24.4. The maximum atomic E-state index is 5.56. The second-order valence-corrected chi connectivity index (χ2v) is 19.7. The van der Waals surface area contributed by atoms with Crippen LogP contribution in [0.2, 0.25) is 0 Å². The quantitative estimate of drug-likeness (QED) is 0.167. The summed E-state index contributed by atoms with van der Waals surface area (Å²) in [5.41, 5.74) is 24.5. The topological polar surface area (TPSA) is 51.6 Å². The van der Waals surface area contributed by atoms with E-state index < -0.39 is 0 Å². The summed E-state index contributed by atoms with van der Waals surface area (Å²) in [6, 6.07) is 75.3. The van der Waals surface area contributed by atoms with Gasteiger partial charge in [-0.2, -0.15) is 0 Å². The fraction of sp³-hybridized carbons (Fsp3) is 0.0448. The third-order valence-electron chi connectivity index (χ3n) is 15.5. The van der Waals surface area contributed by atoms with Crippen LogP contribution in [-0.2, 0) is 5.41 Å². The van der Waals surface area contributed by atoms with Gasteiger partial charge in [-0.25, -0.2) is 15.0 Å². The van der Waals surface area contributed by atoms with Crippen LogP contribution >= 0.6 is 0 Å². The SMILES string of the molecule is CC1(C)c2ccccc2-c2cccc(-c3nc(-c4ccc(-c5cccnc5)cc4)nc(-c4cc(-c5ccc6c7c(cccc57)-c5ccccc5-6)cc(-c5ccc6c7c(cccc57)-c5ccccc5-6)c4)n3)c21. The van der Waals surface area contributed by atoms with Crippen LogP contribution in [0.25, 0.3) is 145 Å². The zero-order valence-electron chi connectivity index (χ0n) is 39.1. The highest BCUT2D eigenvalue weighted by atomic mass is 15.0. The summed E-state index contributed by atoms with van der Waals surface area (Å²) in [6.45, 7) is 4.65. The van der Waals surface area contributed by atoms with Gasteiger partial charge < -0.3 is 0 Å². The Morgan fingerprint density at radius 1 is 0.296 bits per heavy atom. The Labute approximate surface area is 411 Å². The number of benzene rings is 10. The van der Waals surface area contributed by atoms with Crippen molar-refractivity contribution in [3.63, 3.8) is 0 Å². The Balaban J connectivity index is 0.987. The average molecular weight is 903 g/mol. The highest BCUT2D eigenvalue weighted by Gasteiger charge is 2.38. The fourth-order valence-corrected chi connectivity index (χ4v) is 12.3. The van der Waals surface area contributed by atoms with Crippen LogP contribution in [0.1, 0.15) is 25.0 Å². The molecule has 0 aliphatic heterocycles. The normalized spacial score (nSPS) is 13.0. The van der Waals surface area contributed by atoms with Gasteiger partial charge in [-0.05, 0) is 146 Å². The molecule has 0 radical (unpaired) electrons. The third-order valence-corrected chi connectivity index (χ3v) is 15.5. The molecule has 71 heavy (non-hydrogen) atoms. The molecule has 4 nitrogen and oxygen atoms in total. The summed E-state index contributed by atoms with van der Waals surface area (Å²) >= 11 is 0. The first kappa shape index (κ1) is 39.8. The Morgan fingerprint density at radius 3 is 1.34 bits per heavy atom. The lowest BCUT2D eigenvalue weighted by Crippen LogP contribution is -2.17. The van der Waals surface area contributed by atoms with Crippen molar-refractivity contribution in [1.29, 1.82) is 0 Å². The van der Waals surface area contributed by atoms with E-state index in [-0.39, 0.29) is 5.41 Å². The molecule has 0 saturated heterocycles. The zero-order valence-corrected chi connectivity index (χ0v) is 39.1. The van der Waals surface area contributed by atoms with Crippen LogP contribution < -0.4 is 0 Å². The average Bonchev–Trinajstić information content (AvgIpc) is 4.03. The summed E-state index contributed by atoms with van der Waals surface area (Å²) in [5, 5.41) is 5.04. The first-order valence-electron chi connectivity index (χ1n) is 24.4. The molecular formula is C67H42N4. The minimum atomic E-state index is -0.279. The van der Waals surface area contributed by atoms with E-state index in [0.29, 0.717) is 17.5 Å². The van der Waals surface area contributed by atoms with Crippen molar-refractivity contribution in [2.45, 2.75) is 19.3 Å². The van der Waals surface area contributed by atoms with Gasteiger partial charge in [0.15, 0.2) is 17.5 Å². The second kappa shape index (κ2) is 14.9. The maximum absolute atomic E-state index is 5.56. The molecule has 0 bridgehead atoms. The Kier molecular flexibility index (Phi) is 8.38. The van der Waals surface area contributed by atoms with Gasteiger partial charge in [0.05, 0.1) is 0 Å². The van der Waals surface area contributed by atoms with E-state index in [0.717, 1.165) is 38.9 Å². The van der Waals surface area contributed by atoms with E-state index in [1.54, 1.807) is 6.20 Å². The molecule has 330 valence electrons. The van der Waals surface area contributed by atoms with E-state index in [1.165, 1.54) is 99.4 Å². The Bertz CT molecular complexity index is 4030. The number of rotatable bonds is 6. The maximum Gasteiger partial charge on any atom is 0.164 e. The Hall–Kier alpha value is -9.12. The predicted octanol–water partition coefficient (Wildman–Crippen LogP) is 17.2. The predicted molar refractivity (Wildman–Crippen MR) is 292 cm³/mol. The third kappa shape index (κ3) is 5.85. The highest BCUT2D eigenvalue weighted by Crippen LogP contribution is 2.54. The van der Waals surface area contributed by atoms with E-state index in [1.807, 2.05) is 12.3 Å². The lowest BCUT2D eigenvalue weighted by molar-refractivity contribution is 0.661. The molecule has 3 aliphatic rings. The summed E-state index contributed by atoms with van der Waals surface area (Å²) in [6.07, 6.45) is 3.71. The summed E-state index contributed by atoms with van der Waals surface area (Å²) in [7, 11) is 0. The van der Waals surface area contributed by atoms with Crippen molar-refractivity contribution in [1.82, 2.24) is 19.9 Å². The van der Waals surface area contributed by atoms with E-state index in [9.17, 15) is 0 Å². The van der Waals surface area contributed by atoms with Crippen LogP contribution in [-0.4, -0.2) is 19.9 Å². The minimum Gasteiger partial charge on any atom is -0.264 e. The van der Waals surface area contributed by atoms with Crippen LogP contribution in [0.4, 0.5) is 0 Å². The van der Waals surface area contributed by atoms with Crippen LogP contribution in [0.5, 0.6) is 0 Å². The van der Waals surface area contributed by atoms with Crippen molar-refractivity contribution in [2.75, 3.05) is 0 Å². The van der Waals surface area contributed by atoms with Gasteiger partial charge >= 0.3 is 0 Å². The molecule has 2 heterocycles. The molecule has 10 aromatic carbocycles. The summed E-state index contributed by atoms with van der Waals surface area (Å²) < 4.78 is 0. The lowest BCUT2D eigenvalue weighted by atomic mass is 9.80. The highest BCUT2D eigenvalue weighted by molar-refractivity contribution is 6.20. The monoisotopic (exact) mass is 902 g/mol. The van der Waals surface area contributed by atoms with Gasteiger partial charge in [-0.3, -0.25) is 4.98 Å². The zero-order chi connectivity index (χ0) is 47.0.